The van der Waals surface area contributed by atoms with Crippen LogP contribution in [0.25, 0.3) is 0 Å². The minimum Gasteiger partial charge on any atom is -0.314 e. The van der Waals surface area contributed by atoms with Gasteiger partial charge in [-0.05, 0) is 43.0 Å². The Morgan fingerprint density at radius 1 is 1.20 bits per heavy atom. The van der Waals surface area contributed by atoms with Gasteiger partial charge in [0.05, 0.1) is 5.41 Å². The Bertz CT molecular complexity index is 638. The maximum atomic E-state index is 12.6. The van der Waals surface area contributed by atoms with E-state index in [2.05, 4.69) is 17.1 Å². The number of carbonyl (C=O) groups is 1. The lowest BCUT2D eigenvalue weighted by molar-refractivity contribution is -0.122. The number of carbonyl (C=O) groups excluding carboxylic acids is 1. The number of rotatable bonds is 3. The van der Waals surface area contributed by atoms with Gasteiger partial charge in [0.1, 0.15) is 0 Å². The Balaban J connectivity index is 1.90. The highest BCUT2D eigenvalue weighted by Gasteiger charge is 2.45. The van der Waals surface area contributed by atoms with E-state index in [0.717, 1.165) is 24.1 Å². The molecule has 0 spiro atoms. The number of amides is 1. The SMILES string of the molecule is CN1C(=O)C(C)(CCc2cccnc2)c2ccccc21. The monoisotopic (exact) mass is 266 g/mol. The fourth-order valence-electron chi connectivity index (χ4n) is 3.01. The molecule has 1 aliphatic rings. The second kappa shape index (κ2) is 4.75. The van der Waals surface area contributed by atoms with Crippen LogP contribution in [0.5, 0.6) is 0 Å². The normalized spacial score (nSPS) is 21.1. The van der Waals surface area contributed by atoms with Crippen LogP contribution in [0.15, 0.2) is 48.8 Å². The van der Waals surface area contributed by atoms with Crippen molar-refractivity contribution in [2.75, 3.05) is 11.9 Å². The van der Waals surface area contributed by atoms with Gasteiger partial charge in [0.2, 0.25) is 5.91 Å². The molecule has 1 unspecified atom stereocenters. The third-order valence-corrected chi connectivity index (χ3v) is 4.27. The lowest BCUT2D eigenvalue weighted by atomic mass is 9.79. The van der Waals surface area contributed by atoms with E-state index in [0.29, 0.717) is 0 Å². The van der Waals surface area contributed by atoms with Crippen molar-refractivity contribution in [3.05, 3.63) is 59.9 Å². The number of pyridine rings is 1. The molecule has 1 aromatic heterocycles. The van der Waals surface area contributed by atoms with Crippen molar-refractivity contribution in [2.45, 2.75) is 25.2 Å². The standard InChI is InChI=1S/C17H18N2O/c1-17(10-9-13-6-5-11-18-12-13)14-7-3-4-8-15(14)19(2)16(17)20/h3-8,11-12H,9-10H2,1-2H3. The lowest BCUT2D eigenvalue weighted by Crippen LogP contribution is -2.36. The van der Waals surface area contributed by atoms with Crippen LogP contribution in [0, 0.1) is 0 Å². The Morgan fingerprint density at radius 2 is 2.00 bits per heavy atom. The Morgan fingerprint density at radius 3 is 2.75 bits per heavy atom. The summed E-state index contributed by atoms with van der Waals surface area (Å²) >= 11 is 0. The Hall–Kier alpha value is -2.16. The third kappa shape index (κ3) is 1.90. The molecule has 102 valence electrons. The summed E-state index contributed by atoms with van der Waals surface area (Å²) in [6, 6.07) is 12.1. The van der Waals surface area contributed by atoms with E-state index in [1.54, 1.807) is 11.1 Å². The number of aryl methyl sites for hydroxylation is 1. The molecule has 0 fully saturated rings. The summed E-state index contributed by atoms with van der Waals surface area (Å²) in [5, 5.41) is 0. The molecule has 2 aromatic rings. The van der Waals surface area contributed by atoms with Crippen LogP contribution in [0.3, 0.4) is 0 Å². The molecule has 0 saturated heterocycles. The first-order chi connectivity index (χ1) is 9.63. The Labute approximate surface area is 119 Å². The Kier molecular flexibility index (Phi) is 3.05. The van der Waals surface area contributed by atoms with Crippen molar-refractivity contribution in [3.63, 3.8) is 0 Å². The van der Waals surface area contributed by atoms with Crippen LogP contribution in [0.2, 0.25) is 0 Å². The quantitative estimate of drug-likeness (QED) is 0.855. The minimum absolute atomic E-state index is 0.183. The van der Waals surface area contributed by atoms with E-state index in [1.807, 2.05) is 44.4 Å². The number of para-hydroxylation sites is 1. The summed E-state index contributed by atoms with van der Waals surface area (Å²) in [6.45, 7) is 2.05. The van der Waals surface area contributed by atoms with Crippen molar-refractivity contribution >= 4 is 11.6 Å². The highest BCUT2D eigenvalue weighted by molar-refractivity contribution is 6.07. The predicted octanol–water partition coefficient (Wildman–Crippen LogP) is 2.95. The average molecular weight is 266 g/mol. The van der Waals surface area contributed by atoms with Crippen LogP contribution >= 0.6 is 0 Å². The summed E-state index contributed by atoms with van der Waals surface area (Å²) < 4.78 is 0. The molecule has 3 rings (SSSR count). The molecule has 0 saturated carbocycles. The van der Waals surface area contributed by atoms with Gasteiger partial charge >= 0.3 is 0 Å². The smallest absolute Gasteiger partial charge is 0.237 e. The number of hydrogen-bond donors (Lipinski definition) is 0. The maximum absolute atomic E-state index is 12.6. The molecule has 0 aliphatic carbocycles. The highest BCUT2D eigenvalue weighted by Crippen LogP contribution is 2.43. The predicted molar refractivity (Wildman–Crippen MR) is 79.8 cm³/mol. The largest absolute Gasteiger partial charge is 0.314 e. The molecule has 1 amide bonds. The van der Waals surface area contributed by atoms with E-state index < -0.39 is 5.41 Å². The van der Waals surface area contributed by atoms with Crippen molar-refractivity contribution in [1.29, 1.82) is 0 Å². The van der Waals surface area contributed by atoms with Crippen LogP contribution < -0.4 is 4.90 Å². The van der Waals surface area contributed by atoms with Crippen LogP contribution in [0.4, 0.5) is 5.69 Å². The van der Waals surface area contributed by atoms with Gasteiger partial charge in [-0.15, -0.1) is 0 Å². The molecule has 1 aromatic carbocycles. The van der Waals surface area contributed by atoms with Gasteiger partial charge < -0.3 is 4.90 Å². The number of aromatic nitrogens is 1. The zero-order valence-electron chi connectivity index (χ0n) is 11.8. The average Bonchev–Trinajstić information content (AvgIpc) is 2.69. The van der Waals surface area contributed by atoms with E-state index in [9.17, 15) is 4.79 Å². The van der Waals surface area contributed by atoms with Gasteiger partial charge in [-0.1, -0.05) is 24.3 Å². The molecule has 0 N–H and O–H groups in total. The van der Waals surface area contributed by atoms with Crippen LogP contribution in [-0.4, -0.2) is 17.9 Å². The fourth-order valence-corrected chi connectivity index (χ4v) is 3.01. The van der Waals surface area contributed by atoms with Crippen molar-refractivity contribution in [2.24, 2.45) is 0 Å². The molecule has 1 atom stereocenters. The van der Waals surface area contributed by atoms with Crippen LogP contribution in [0.1, 0.15) is 24.5 Å². The topological polar surface area (TPSA) is 33.2 Å². The fraction of sp³-hybridized carbons (Fsp3) is 0.294. The summed E-state index contributed by atoms with van der Waals surface area (Å²) in [6.07, 6.45) is 5.31. The summed E-state index contributed by atoms with van der Waals surface area (Å²) in [7, 11) is 1.86. The first kappa shape index (κ1) is 12.9. The zero-order valence-corrected chi connectivity index (χ0v) is 11.8. The van der Waals surface area contributed by atoms with Gasteiger partial charge in [-0.2, -0.15) is 0 Å². The second-order valence-corrected chi connectivity index (χ2v) is 5.57. The van der Waals surface area contributed by atoms with Gasteiger partial charge in [0, 0.05) is 25.1 Å². The van der Waals surface area contributed by atoms with Crippen molar-refractivity contribution < 1.29 is 4.79 Å². The third-order valence-electron chi connectivity index (χ3n) is 4.27. The van der Waals surface area contributed by atoms with Gasteiger partial charge in [0.15, 0.2) is 0 Å². The summed E-state index contributed by atoms with van der Waals surface area (Å²) in [5.41, 5.74) is 2.91. The highest BCUT2D eigenvalue weighted by atomic mass is 16.2. The summed E-state index contributed by atoms with van der Waals surface area (Å²) in [4.78, 5) is 18.5. The first-order valence-corrected chi connectivity index (χ1v) is 6.89. The van der Waals surface area contributed by atoms with E-state index in [-0.39, 0.29) is 5.91 Å². The maximum Gasteiger partial charge on any atom is 0.237 e. The molecule has 20 heavy (non-hydrogen) atoms. The van der Waals surface area contributed by atoms with Gasteiger partial charge in [-0.25, -0.2) is 0 Å². The number of hydrogen-bond acceptors (Lipinski definition) is 2. The van der Waals surface area contributed by atoms with E-state index >= 15 is 0 Å². The van der Waals surface area contributed by atoms with Gasteiger partial charge in [-0.3, -0.25) is 9.78 Å². The number of benzene rings is 1. The summed E-state index contributed by atoms with van der Waals surface area (Å²) in [5.74, 6) is 0.183. The number of nitrogens with zero attached hydrogens (tertiary/aromatic N) is 2. The van der Waals surface area contributed by atoms with Crippen LogP contribution in [-0.2, 0) is 16.6 Å². The molecular weight excluding hydrogens is 248 g/mol. The molecule has 0 radical (unpaired) electrons. The number of fused-ring (bicyclic) bond motifs is 1. The van der Waals surface area contributed by atoms with Crippen molar-refractivity contribution in [1.82, 2.24) is 4.98 Å². The molecule has 2 heterocycles. The lowest BCUT2D eigenvalue weighted by Gasteiger charge is -2.23. The molecule has 1 aliphatic heterocycles. The second-order valence-electron chi connectivity index (χ2n) is 5.57. The minimum atomic E-state index is -0.429. The van der Waals surface area contributed by atoms with Crippen molar-refractivity contribution in [3.8, 4) is 0 Å². The molecule has 3 heteroatoms. The molecule has 3 nitrogen and oxygen atoms in total. The zero-order chi connectivity index (χ0) is 14.2. The van der Waals surface area contributed by atoms with E-state index in [1.165, 1.54) is 5.56 Å². The molecular formula is C17H18N2O. The number of anilines is 1. The first-order valence-electron chi connectivity index (χ1n) is 6.89. The number of likely N-dealkylation sites (N-methyl/N-ethyl adjacent to an activating group) is 1. The van der Waals surface area contributed by atoms with Gasteiger partial charge in [0.25, 0.3) is 0 Å². The molecule has 0 bridgehead atoms. The van der Waals surface area contributed by atoms with E-state index in [4.69, 9.17) is 0 Å².